The van der Waals surface area contributed by atoms with Crippen molar-refractivity contribution in [3.63, 3.8) is 0 Å². The average molecular weight is 179 g/mol. The molecule has 1 aromatic rings. The number of aromatic nitrogens is 1. The first-order valence-electron chi connectivity index (χ1n) is 4.63. The molecule has 0 spiro atoms. The Bertz CT molecular complexity index is 260. The summed E-state index contributed by atoms with van der Waals surface area (Å²) < 4.78 is 0. The van der Waals surface area contributed by atoms with E-state index in [-0.39, 0.29) is 0 Å². The van der Waals surface area contributed by atoms with Crippen molar-refractivity contribution in [2.75, 3.05) is 18.5 Å². The third-order valence-corrected chi connectivity index (χ3v) is 2.07. The molecule has 3 nitrogen and oxygen atoms in total. The zero-order chi connectivity index (χ0) is 9.68. The van der Waals surface area contributed by atoms with Gasteiger partial charge < -0.3 is 10.6 Å². The van der Waals surface area contributed by atoms with Gasteiger partial charge in [-0.15, -0.1) is 0 Å². The van der Waals surface area contributed by atoms with Crippen LogP contribution in [0.5, 0.6) is 0 Å². The summed E-state index contributed by atoms with van der Waals surface area (Å²) in [6.07, 6.45) is 4.78. The van der Waals surface area contributed by atoms with Crippen molar-refractivity contribution in [1.82, 2.24) is 4.98 Å². The van der Waals surface area contributed by atoms with Gasteiger partial charge in [0.25, 0.3) is 0 Å². The van der Waals surface area contributed by atoms with Crippen molar-refractivity contribution in [2.24, 2.45) is 5.73 Å². The molecule has 1 rings (SSSR count). The van der Waals surface area contributed by atoms with E-state index in [1.807, 2.05) is 12.3 Å². The average Bonchev–Trinajstić information content (AvgIpc) is 2.18. The summed E-state index contributed by atoms with van der Waals surface area (Å²) in [5.74, 6) is 0. The smallest absolute Gasteiger partial charge is 0.0440 e. The first kappa shape index (κ1) is 9.99. The first-order chi connectivity index (χ1) is 6.29. The fourth-order valence-corrected chi connectivity index (χ4v) is 1.41. The van der Waals surface area contributed by atoms with Crippen LogP contribution in [0.2, 0.25) is 0 Å². The van der Waals surface area contributed by atoms with E-state index < -0.39 is 0 Å². The van der Waals surface area contributed by atoms with E-state index in [1.165, 1.54) is 5.69 Å². The number of hydrogen-bond donors (Lipinski definition) is 1. The fourth-order valence-electron chi connectivity index (χ4n) is 1.41. The molecule has 1 heterocycles. The highest BCUT2D eigenvalue weighted by Gasteiger charge is 2.04. The molecule has 72 valence electrons. The molecule has 0 bridgehead atoms. The van der Waals surface area contributed by atoms with E-state index in [1.54, 1.807) is 6.20 Å². The van der Waals surface area contributed by atoms with Crippen LogP contribution in [0.1, 0.15) is 18.9 Å². The number of rotatable bonds is 4. The van der Waals surface area contributed by atoms with Gasteiger partial charge in [0.15, 0.2) is 0 Å². The Labute approximate surface area is 79.6 Å². The van der Waals surface area contributed by atoms with Crippen molar-refractivity contribution in [3.8, 4) is 0 Å². The van der Waals surface area contributed by atoms with Crippen molar-refractivity contribution in [1.29, 1.82) is 0 Å². The quantitative estimate of drug-likeness (QED) is 0.759. The molecule has 0 aliphatic rings. The molecule has 1 aromatic heterocycles. The summed E-state index contributed by atoms with van der Waals surface area (Å²) in [5.41, 5.74) is 7.92. The number of pyridine rings is 1. The SMILES string of the molecule is CCCN(C)c1ccncc1CN. The van der Waals surface area contributed by atoms with E-state index >= 15 is 0 Å². The van der Waals surface area contributed by atoms with Crippen LogP contribution in [-0.4, -0.2) is 18.6 Å². The molecule has 0 atom stereocenters. The molecule has 3 heteroatoms. The predicted octanol–water partition coefficient (Wildman–Crippen LogP) is 1.39. The van der Waals surface area contributed by atoms with Gasteiger partial charge in [0.1, 0.15) is 0 Å². The first-order valence-corrected chi connectivity index (χ1v) is 4.63. The Kier molecular flexibility index (Phi) is 3.71. The maximum Gasteiger partial charge on any atom is 0.0440 e. The monoisotopic (exact) mass is 179 g/mol. The van der Waals surface area contributed by atoms with Gasteiger partial charge in [-0.3, -0.25) is 4.98 Å². The number of anilines is 1. The van der Waals surface area contributed by atoms with Crippen LogP contribution in [0.3, 0.4) is 0 Å². The van der Waals surface area contributed by atoms with Crippen LogP contribution in [0.15, 0.2) is 18.5 Å². The summed E-state index contributed by atoms with van der Waals surface area (Å²) in [7, 11) is 2.08. The molecule has 0 fully saturated rings. The zero-order valence-corrected chi connectivity index (χ0v) is 8.33. The number of hydrogen-bond acceptors (Lipinski definition) is 3. The van der Waals surface area contributed by atoms with Gasteiger partial charge in [-0.25, -0.2) is 0 Å². The van der Waals surface area contributed by atoms with Crippen molar-refractivity contribution in [3.05, 3.63) is 24.0 Å². The van der Waals surface area contributed by atoms with E-state index in [0.29, 0.717) is 6.54 Å². The summed E-state index contributed by atoms with van der Waals surface area (Å²) in [4.78, 5) is 6.26. The predicted molar refractivity (Wildman–Crippen MR) is 55.7 cm³/mol. The molecule has 0 saturated heterocycles. The van der Waals surface area contributed by atoms with Crippen LogP contribution >= 0.6 is 0 Å². The van der Waals surface area contributed by atoms with Gasteiger partial charge in [0, 0.05) is 43.8 Å². The van der Waals surface area contributed by atoms with Crippen molar-refractivity contribution < 1.29 is 0 Å². The van der Waals surface area contributed by atoms with Crippen LogP contribution in [0.25, 0.3) is 0 Å². The minimum atomic E-state index is 0.553. The Morgan fingerprint density at radius 3 is 2.92 bits per heavy atom. The molecule has 2 N–H and O–H groups in total. The molecule has 0 saturated carbocycles. The lowest BCUT2D eigenvalue weighted by Crippen LogP contribution is -2.20. The van der Waals surface area contributed by atoms with Gasteiger partial charge in [-0.1, -0.05) is 6.92 Å². The van der Waals surface area contributed by atoms with Crippen LogP contribution in [-0.2, 0) is 6.54 Å². The summed E-state index contributed by atoms with van der Waals surface area (Å²) >= 11 is 0. The van der Waals surface area contributed by atoms with Crippen molar-refractivity contribution >= 4 is 5.69 Å². The van der Waals surface area contributed by atoms with Gasteiger partial charge >= 0.3 is 0 Å². The molecule has 13 heavy (non-hydrogen) atoms. The third-order valence-electron chi connectivity index (χ3n) is 2.07. The molecular formula is C10H17N3. The number of nitrogens with zero attached hydrogens (tertiary/aromatic N) is 2. The molecular weight excluding hydrogens is 162 g/mol. The van der Waals surface area contributed by atoms with Crippen LogP contribution in [0.4, 0.5) is 5.69 Å². The van der Waals surface area contributed by atoms with Gasteiger partial charge in [-0.2, -0.15) is 0 Å². The lowest BCUT2D eigenvalue weighted by atomic mass is 10.2. The van der Waals surface area contributed by atoms with E-state index in [4.69, 9.17) is 5.73 Å². The highest BCUT2D eigenvalue weighted by atomic mass is 15.1. The zero-order valence-electron chi connectivity index (χ0n) is 8.33. The van der Waals surface area contributed by atoms with E-state index in [9.17, 15) is 0 Å². The van der Waals surface area contributed by atoms with E-state index in [0.717, 1.165) is 18.5 Å². The van der Waals surface area contributed by atoms with Crippen molar-refractivity contribution in [2.45, 2.75) is 19.9 Å². The van der Waals surface area contributed by atoms with Gasteiger partial charge in [0.05, 0.1) is 0 Å². The summed E-state index contributed by atoms with van der Waals surface area (Å²) in [6, 6.07) is 2.01. The summed E-state index contributed by atoms with van der Waals surface area (Å²) in [6.45, 7) is 3.77. The van der Waals surface area contributed by atoms with Crippen LogP contribution in [0, 0.1) is 0 Å². The Morgan fingerprint density at radius 2 is 2.31 bits per heavy atom. The second-order valence-corrected chi connectivity index (χ2v) is 3.13. The molecule has 0 aromatic carbocycles. The maximum atomic E-state index is 5.62. The minimum absolute atomic E-state index is 0.553. The lowest BCUT2D eigenvalue weighted by molar-refractivity contribution is 0.841. The Hall–Kier alpha value is -1.09. The molecule has 0 aliphatic heterocycles. The second-order valence-electron chi connectivity index (χ2n) is 3.13. The lowest BCUT2D eigenvalue weighted by Gasteiger charge is -2.20. The topological polar surface area (TPSA) is 42.2 Å². The van der Waals surface area contributed by atoms with Gasteiger partial charge in [0.2, 0.25) is 0 Å². The Morgan fingerprint density at radius 1 is 1.54 bits per heavy atom. The second kappa shape index (κ2) is 4.82. The molecule has 0 amide bonds. The van der Waals surface area contributed by atoms with Crippen LogP contribution < -0.4 is 10.6 Å². The summed E-state index contributed by atoms with van der Waals surface area (Å²) in [5, 5.41) is 0. The number of nitrogens with two attached hydrogens (primary N) is 1. The minimum Gasteiger partial charge on any atom is -0.374 e. The largest absolute Gasteiger partial charge is 0.374 e. The fraction of sp³-hybridized carbons (Fsp3) is 0.500. The molecule has 0 unspecified atom stereocenters. The molecule has 0 aliphatic carbocycles. The Balaban J connectivity index is 2.85. The van der Waals surface area contributed by atoms with E-state index in [2.05, 4.69) is 23.9 Å². The maximum absolute atomic E-state index is 5.62. The molecule has 0 radical (unpaired) electrons. The highest BCUT2D eigenvalue weighted by molar-refractivity contribution is 5.51. The third kappa shape index (κ3) is 2.42. The van der Waals surface area contributed by atoms with Gasteiger partial charge in [-0.05, 0) is 12.5 Å². The normalized spacial score (nSPS) is 10.1. The standard InChI is InChI=1S/C10H17N3/c1-3-6-13(2)10-4-5-12-8-9(10)7-11/h4-5,8H,3,6-7,11H2,1-2H3. The highest BCUT2D eigenvalue weighted by Crippen LogP contribution is 2.16.